The first-order valence-electron chi connectivity index (χ1n) is 10.3. The number of aromatic hydroxyl groups is 1. The van der Waals surface area contributed by atoms with Crippen molar-refractivity contribution in [2.45, 2.75) is 26.7 Å². The number of carbonyl (C=O) groups is 1. The van der Waals surface area contributed by atoms with Crippen LogP contribution in [0.5, 0.6) is 17.2 Å². The second-order valence-corrected chi connectivity index (χ2v) is 7.74. The lowest BCUT2D eigenvalue weighted by atomic mass is 10.1. The van der Waals surface area contributed by atoms with E-state index in [0.29, 0.717) is 39.9 Å². The number of rotatable bonds is 6. The van der Waals surface area contributed by atoms with Crippen LogP contribution in [0.15, 0.2) is 54.6 Å². The monoisotopic (exact) mass is 496 g/mol. The lowest BCUT2D eigenvalue weighted by Crippen LogP contribution is -2.07. The van der Waals surface area contributed by atoms with Gasteiger partial charge in [-0.15, -0.1) is 0 Å². The van der Waals surface area contributed by atoms with Gasteiger partial charge in [0.2, 0.25) is 0 Å². The maximum Gasteiger partial charge on any atom is 0.310 e. The highest BCUT2D eigenvalue weighted by Gasteiger charge is 2.08. The molecule has 3 rings (SSSR count). The standard InChI is InChI=1S/C16H11ClN2O.C10H11ClO3/c1-3-11-4-5-15(17)16(8-11)20-14-7-12(10-18)6-13(9-14)19-2;1-2-14-10(13)6-7-3-4-8(11)9(12)5-7/h4-9H,3H2,1H3;3-5,12H,2,6H2,1H3. The molecule has 0 heterocycles. The number of aryl methyl sites for hydroxylation is 1. The molecule has 0 aliphatic heterocycles. The van der Waals surface area contributed by atoms with Crippen LogP contribution in [0.3, 0.4) is 0 Å². The van der Waals surface area contributed by atoms with E-state index in [2.05, 4.69) is 4.85 Å². The van der Waals surface area contributed by atoms with Gasteiger partial charge in [-0.2, -0.15) is 5.26 Å². The summed E-state index contributed by atoms with van der Waals surface area (Å²) in [4.78, 5) is 14.4. The molecule has 0 aliphatic rings. The van der Waals surface area contributed by atoms with Gasteiger partial charge >= 0.3 is 5.97 Å². The van der Waals surface area contributed by atoms with E-state index in [1.807, 2.05) is 25.1 Å². The SMILES string of the molecule is CCOC(=O)Cc1ccc(Cl)c(O)c1.[C-]#[N+]c1cc(C#N)cc(Oc2cc(CC)ccc2Cl)c1. The normalized spacial score (nSPS) is 9.71. The maximum absolute atomic E-state index is 11.1. The Morgan fingerprint density at radius 3 is 2.38 bits per heavy atom. The molecule has 0 fully saturated rings. The molecule has 3 aromatic carbocycles. The maximum atomic E-state index is 11.1. The van der Waals surface area contributed by atoms with Crippen LogP contribution in [0, 0.1) is 17.9 Å². The molecule has 0 saturated heterocycles. The molecular formula is C26H22Cl2N2O4. The van der Waals surface area contributed by atoms with Gasteiger partial charge in [-0.3, -0.25) is 4.79 Å². The molecule has 0 radical (unpaired) electrons. The summed E-state index contributed by atoms with van der Waals surface area (Å²) in [5, 5.41) is 19.0. The van der Waals surface area contributed by atoms with Crippen LogP contribution in [0.25, 0.3) is 4.85 Å². The minimum atomic E-state index is -0.311. The van der Waals surface area contributed by atoms with Crippen molar-refractivity contribution in [2.24, 2.45) is 0 Å². The van der Waals surface area contributed by atoms with Crippen molar-refractivity contribution in [1.82, 2.24) is 0 Å². The van der Waals surface area contributed by atoms with E-state index in [1.54, 1.807) is 37.3 Å². The summed E-state index contributed by atoms with van der Waals surface area (Å²) in [5.74, 6) is 0.630. The Morgan fingerprint density at radius 1 is 1.06 bits per heavy atom. The summed E-state index contributed by atoms with van der Waals surface area (Å²) in [5.41, 5.74) is 2.54. The lowest BCUT2D eigenvalue weighted by Gasteiger charge is -2.10. The van der Waals surface area contributed by atoms with Gasteiger partial charge in [0.1, 0.15) is 17.2 Å². The molecule has 0 aliphatic carbocycles. The van der Waals surface area contributed by atoms with Gasteiger partial charge in [-0.05, 0) is 66.9 Å². The molecule has 3 aromatic rings. The molecule has 0 amide bonds. The zero-order chi connectivity index (χ0) is 25.1. The van der Waals surface area contributed by atoms with Crippen molar-refractivity contribution in [2.75, 3.05) is 6.61 Å². The summed E-state index contributed by atoms with van der Waals surface area (Å²) in [6.45, 7) is 11.2. The molecule has 0 spiro atoms. The Balaban J connectivity index is 0.000000257. The predicted molar refractivity (Wildman–Crippen MR) is 132 cm³/mol. The quantitative estimate of drug-likeness (QED) is 0.286. The van der Waals surface area contributed by atoms with Gasteiger partial charge in [-0.1, -0.05) is 42.3 Å². The van der Waals surface area contributed by atoms with Crippen LogP contribution in [-0.4, -0.2) is 17.7 Å². The number of benzene rings is 3. The largest absolute Gasteiger partial charge is 0.506 e. The first kappa shape index (κ1) is 26.5. The minimum Gasteiger partial charge on any atom is -0.506 e. The van der Waals surface area contributed by atoms with Crippen molar-refractivity contribution in [3.05, 3.63) is 92.8 Å². The summed E-state index contributed by atoms with van der Waals surface area (Å²) >= 11 is 11.7. The van der Waals surface area contributed by atoms with Crippen LogP contribution >= 0.6 is 23.2 Å². The van der Waals surface area contributed by atoms with Crippen LogP contribution in [0.4, 0.5) is 5.69 Å². The second kappa shape index (κ2) is 13.1. The fourth-order valence-corrected chi connectivity index (χ4v) is 3.06. The zero-order valence-electron chi connectivity index (χ0n) is 18.6. The smallest absolute Gasteiger partial charge is 0.310 e. The predicted octanol–water partition coefficient (Wildman–Crippen LogP) is 7.27. The van der Waals surface area contributed by atoms with Crippen molar-refractivity contribution in [1.29, 1.82) is 5.26 Å². The van der Waals surface area contributed by atoms with Crippen molar-refractivity contribution in [3.63, 3.8) is 0 Å². The number of esters is 1. The number of phenolic OH excluding ortho intramolecular Hbond substituents is 1. The van der Waals surface area contributed by atoms with Gasteiger partial charge in [0.05, 0.1) is 35.7 Å². The average Bonchev–Trinajstić information content (AvgIpc) is 2.83. The van der Waals surface area contributed by atoms with E-state index in [0.717, 1.165) is 12.0 Å². The highest BCUT2D eigenvalue weighted by atomic mass is 35.5. The topological polar surface area (TPSA) is 83.9 Å². The number of nitriles is 1. The number of hydrogen-bond donors (Lipinski definition) is 1. The van der Waals surface area contributed by atoms with Crippen molar-refractivity contribution < 1.29 is 19.4 Å². The third kappa shape index (κ3) is 8.01. The van der Waals surface area contributed by atoms with E-state index >= 15 is 0 Å². The van der Waals surface area contributed by atoms with E-state index in [9.17, 15) is 9.90 Å². The highest BCUT2D eigenvalue weighted by Crippen LogP contribution is 2.33. The Bertz CT molecular complexity index is 1210. The third-order valence-corrected chi connectivity index (χ3v) is 5.08. The molecule has 174 valence electrons. The van der Waals surface area contributed by atoms with E-state index in [1.165, 1.54) is 12.1 Å². The van der Waals surface area contributed by atoms with Crippen LogP contribution < -0.4 is 4.74 Å². The number of nitrogens with zero attached hydrogens (tertiary/aromatic N) is 2. The second-order valence-electron chi connectivity index (χ2n) is 6.93. The molecule has 34 heavy (non-hydrogen) atoms. The summed E-state index contributed by atoms with van der Waals surface area (Å²) in [6.07, 6.45) is 1.03. The molecule has 0 unspecified atom stereocenters. The van der Waals surface area contributed by atoms with Gasteiger partial charge in [0, 0.05) is 5.56 Å². The Hall–Kier alpha value is -3.71. The lowest BCUT2D eigenvalue weighted by molar-refractivity contribution is -0.142. The van der Waals surface area contributed by atoms with Crippen molar-refractivity contribution in [3.8, 4) is 23.3 Å². The summed E-state index contributed by atoms with van der Waals surface area (Å²) in [6, 6.07) is 17.0. The molecule has 6 nitrogen and oxygen atoms in total. The highest BCUT2D eigenvalue weighted by molar-refractivity contribution is 6.32. The number of carbonyl (C=O) groups excluding carboxylic acids is 1. The van der Waals surface area contributed by atoms with Crippen LogP contribution in [0.2, 0.25) is 10.0 Å². The Morgan fingerprint density at radius 2 is 1.76 bits per heavy atom. The third-order valence-electron chi connectivity index (χ3n) is 4.45. The van der Waals surface area contributed by atoms with E-state index in [4.69, 9.17) is 44.5 Å². The minimum absolute atomic E-state index is 0.0199. The van der Waals surface area contributed by atoms with Gasteiger partial charge in [0.15, 0.2) is 5.69 Å². The first-order chi connectivity index (χ1) is 16.3. The molecule has 0 bridgehead atoms. The average molecular weight is 497 g/mol. The number of ether oxygens (including phenoxy) is 2. The van der Waals surface area contributed by atoms with Crippen LogP contribution in [0.1, 0.15) is 30.5 Å². The number of hydrogen-bond acceptors (Lipinski definition) is 5. The molecular weight excluding hydrogens is 475 g/mol. The van der Waals surface area contributed by atoms with E-state index < -0.39 is 0 Å². The summed E-state index contributed by atoms with van der Waals surface area (Å²) in [7, 11) is 0. The zero-order valence-corrected chi connectivity index (χ0v) is 20.2. The van der Waals surface area contributed by atoms with Gasteiger partial charge in [0.25, 0.3) is 0 Å². The fraction of sp³-hybridized carbons (Fsp3) is 0.192. The molecule has 0 saturated carbocycles. The number of phenols is 1. The molecule has 0 atom stereocenters. The first-order valence-corrected chi connectivity index (χ1v) is 11.1. The van der Waals surface area contributed by atoms with Gasteiger partial charge in [-0.25, -0.2) is 4.85 Å². The molecule has 1 N–H and O–H groups in total. The van der Waals surface area contributed by atoms with E-state index in [-0.39, 0.29) is 23.2 Å². The van der Waals surface area contributed by atoms with Crippen molar-refractivity contribution >= 4 is 34.9 Å². The summed E-state index contributed by atoms with van der Waals surface area (Å²) < 4.78 is 10.5. The molecule has 8 heteroatoms. The Labute approximate surface area is 208 Å². The number of halogens is 2. The molecule has 0 aromatic heterocycles. The fourth-order valence-electron chi connectivity index (χ4n) is 2.79. The van der Waals surface area contributed by atoms with Crippen LogP contribution in [-0.2, 0) is 22.4 Å². The van der Waals surface area contributed by atoms with Gasteiger partial charge < -0.3 is 14.6 Å². The Kier molecular flexibility index (Phi) is 10.2.